The summed E-state index contributed by atoms with van der Waals surface area (Å²) in [5.74, 6) is 0.635. The van der Waals surface area contributed by atoms with E-state index in [0.717, 1.165) is 19.4 Å². The molecule has 1 saturated carbocycles. The van der Waals surface area contributed by atoms with Gasteiger partial charge in [0.25, 0.3) is 5.91 Å². The zero-order chi connectivity index (χ0) is 10.7. The normalized spacial score (nSPS) is 28.0. The second-order valence-corrected chi connectivity index (χ2v) is 4.19. The van der Waals surface area contributed by atoms with Gasteiger partial charge in [0.15, 0.2) is 0 Å². The number of likely N-dealkylation sites (N-methyl/N-ethyl adjacent to an activating group) is 1. The number of amides is 1. The lowest BCUT2D eigenvalue weighted by Gasteiger charge is -2.35. The second kappa shape index (κ2) is 4.75. The maximum absolute atomic E-state index is 11.6. The molecule has 0 radical (unpaired) electrons. The molecule has 0 heterocycles. The summed E-state index contributed by atoms with van der Waals surface area (Å²) >= 11 is 0. The Labute approximate surface area is 85.4 Å². The number of rotatable bonds is 4. The number of methoxy groups -OCH3 is 1. The molecule has 0 aromatic heterocycles. The van der Waals surface area contributed by atoms with Gasteiger partial charge in [0.05, 0.1) is 0 Å². The van der Waals surface area contributed by atoms with E-state index in [1.807, 2.05) is 7.05 Å². The van der Waals surface area contributed by atoms with E-state index in [0.29, 0.717) is 12.0 Å². The van der Waals surface area contributed by atoms with Gasteiger partial charge in [0, 0.05) is 26.7 Å². The van der Waals surface area contributed by atoms with E-state index in [2.05, 4.69) is 0 Å². The first-order valence-corrected chi connectivity index (χ1v) is 5.08. The van der Waals surface area contributed by atoms with E-state index < -0.39 is 0 Å². The fourth-order valence-electron chi connectivity index (χ4n) is 1.82. The zero-order valence-electron chi connectivity index (χ0n) is 9.19. The van der Waals surface area contributed by atoms with Crippen molar-refractivity contribution in [1.29, 1.82) is 0 Å². The molecule has 0 saturated heterocycles. The molecular weight excluding hydrogens is 180 g/mol. The number of ether oxygens (including phenoxy) is 1. The first kappa shape index (κ1) is 11.5. The highest BCUT2D eigenvalue weighted by Crippen LogP contribution is 2.26. The fraction of sp³-hybridized carbons (Fsp3) is 0.900. The molecule has 0 bridgehead atoms. The zero-order valence-corrected chi connectivity index (χ0v) is 9.19. The SMILES string of the molecule is COC(C)C(=O)N(C)CC1CC(N)C1. The predicted octanol–water partition coefficient (Wildman–Crippen LogP) is 0.217. The van der Waals surface area contributed by atoms with Gasteiger partial charge in [0.2, 0.25) is 0 Å². The van der Waals surface area contributed by atoms with Gasteiger partial charge in [-0.2, -0.15) is 0 Å². The van der Waals surface area contributed by atoms with Gasteiger partial charge in [0.1, 0.15) is 6.10 Å². The summed E-state index contributed by atoms with van der Waals surface area (Å²) in [7, 11) is 3.37. The highest BCUT2D eigenvalue weighted by atomic mass is 16.5. The molecule has 1 unspecified atom stereocenters. The smallest absolute Gasteiger partial charge is 0.251 e. The third-order valence-electron chi connectivity index (χ3n) is 2.88. The van der Waals surface area contributed by atoms with Gasteiger partial charge in [-0.25, -0.2) is 0 Å². The first-order valence-electron chi connectivity index (χ1n) is 5.08. The molecule has 1 aliphatic rings. The maximum atomic E-state index is 11.6. The lowest BCUT2D eigenvalue weighted by molar-refractivity contribution is -0.140. The van der Waals surface area contributed by atoms with Crippen LogP contribution in [0.4, 0.5) is 0 Å². The van der Waals surface area contributed by atoms with Crippen LogP contribution in [0, 0.1) is 5.92 Å². The number of hydrogen-bond donors (Lipinski definition) is 1. The molecular formula is C10H20N2O2. The highest BCUT2D eigenvalue weighted by Gasteiger charge is 2.28. The van der Waals surface area contributed by atoms with Gasteiger partial charge < -0.3 is 15.4 Å². The van der Waals surface area contributed by atoms with E-state index >= 15 is 0 Å². The van der Waals surface area contributed by atoms with E-state index in [9.17, 15) is 4.79 Å². The Morgan fingerprint density at radius 3 is 2.64 bits per heavy atom. The summed E-state index contributed by atoms with van der Waals surface area (Å²) in [4.78, 5) is 13.3. The Kier molecular flexibility index (Phi) is 3.89. The van der Waals surface area contributed by atoms with Crippen molar-refractivity contribution in [3.63, 3.8) is 0 Å². The number of carbonyl (C=O) groups excluding carboxylic acids is 1. The van der Waals surface area contributed by atoms with Crippen molar-refractivity contribution in [1.82, 2.24) is 4.90 Å². The van der Waals surface area contributed by atoms with E-state index in [1.165, 1.54) is 0 Å². The van der Waals surface area contributed by atoms with Gasteiger partial charge in [-0.15, -0.1) is 0 Å². The molecule has 0 aliphatic heterocycles. The highest BCUT2D eigenvalue weighted by molar-refractivity contribution is 5.80. The molecule has 0 aromatic rings. The van der Waals surface area contributed by atoms with Crippen LogP contribution in [-0.2, 0) is 9.53 Å². The van der Waals surface area contributed by atoms with Crippen molar-refractivity contribution in [2.75, 3.05) is 20.7 Å². The molecule has 82 valence electrons. The summed E-state index contributed by atoms with van der Waals surface area (Å²) in [5.41, 5.74) is 5.68. The molecule has 0 spiro atoms. The third kappa shape index (κ3) is 2.69. The van der Waals surface area contributed by atoms with Crippen LogP contribution in [0.15, 0.2) is 0 Å². The average molecular weight is 200 g/mol. The standard InChI is InChI=1S/C10H20N2O2/c1-7(14-3)10(13)12(2)6-8-4-9(11)5-8/h7-9H,4-6,11H2,1-3H3. The Morgan fingerprint density at radius 2 is 2.21 bits per heavy atom. The van der Waals surface area contributed by atoms with Crippen molar-refractivity contribution in [2.45, 2.75) is 31.9 Å². The van der Waals surface area contributed by atoms with Crippen LogP contribution in [-0.4, -0.2) is 43.7 Å². The van der Waals surface area contributed by atoms with Crippen LogP contribution in [0.1, 0.15) is 19.8 Å². The molecule has 2 N–H and O–H groups in total. The minimum Gasteiger partial charge on any atom is -0.372 e. The molecule has 0 aromatic carbocycles. The van der Waals surface area contributed by atoms with Crippen LogP contribution in [0.2, 0.25) is 0 Å². The van der Waals surface area contributed by atoms with E-state index in [1.54, 1.807) is 18.9 Å². The number of hydrogen-bond acceptors (Lipinski definition) is 3. The van der Waals surface area contributed by atoms with Crippen LogP contribution in [0.3, 0.4) is 0 Å². The largest absolute Gasteiger partial charge is 0.372 e. The molecule has 14 heavy (non-hydrogen) atoms. The Hall–Kier alpha value is -0.610. The summed E-state index contributed by atoms with van der Waals surface area (Å²) in [6.45, 7) is 2.57. The monoisotopic (exact) mass is 200 g/mol. The van der Waals surface area contributed by atoms with Crippen molar-refractivity contribution >= 4 is 5.91 Å². The molecule has 4 nitrogen and oxygen atoms in total. The van der Waals surface area contributed by atoms with Gasteiger partial charge in [-0.1, -0.05) is 0 Å². The molecule has 1 fully saturated rings. The topological polar surface area (TPSA) is 55.6 Å². The second-order valence-electron chi connectivity index (χ2n) is 4.19. The number of carbonyl (C=O) groups is 1. The summed E-state index contributed by atoms with van der Waals surface area (Å²) < 4.78 is 4.97. The Morgan fingerprint density at radius 1 is 1.64 bits per heavy atom. The van der Waals surface area contributed by atoms with Crippen LogP contribution in [0.5, 0.6) is 0 Å². The van der Waals surface area contributed by atoms with Crippen molar-refractivity contribution in [3.8, 4) is 0 Å². The molecule has 1 rings (SSSR count). The Bertz CT molecular complexity index is 202. The molecule has 1 aliphatic carbocycles. The van der Waals surface area contributed by atoms with Crippen molar-refractivity contribution in [2.24, 2.45) is 11.7 Å². The summed E-state index contributed by atoms with van der Waals surface area (Å²) in [5, 5.41) is 0. The van der Waals surface area contributed by atoms with Crippen LogP contribution < -0.4 is 5.73 Å². The summed E-state index contributed by atoms with van der Waals surface area (Å²) in [6, 6.07) is 0.350. The van der Waals surface area contributed by atoms with Crippen LogP contribution in [0.25, 0.3) is 0 Å². The average Bonchev–Trinajstić information content (AvgIpc) is 2.12. The van der Waals surface area contributed by atoms with E-state index in [-0.39, 0.29) is 12.0 Å². The maximum Gasteiger partial charge on any atom is 0.251 e. The lowest BCUT2D eigenvalue weighted by atomic mass is 9.80. The van der Waals surface area contributed by atoms with Gasteiger partial charge in [-0.3, -0.25) is 4.79 Å². The van der Waals surface area contributed by atoms with Crippen LogP contribution >= 0.6 is 0 Å². The van der Waals surface area contributed by atoms with E-state index in [4.69, 9.17) is 10.5 Å². The summed E-state index contributed by atoms with van der Waals surface area (Å²) in [6.07, 6.45) is 1.74. The minimum absolute atomic E-state index is 0.0490. The number of nitrogens with zero attached hydrogens (tertiary/aromatic N) is 1. The third-order valence-corrected chi connectivity index (χ3v) is 2.88. The number of nitrogens with two attached hydrogens (primary N) is 1. The van der Waals surface area contributed by atoms with Gasteiger partial charge >= 0.3 is 0 Å². The predicted molar refractivity (Wildman–Crippen MR) is 54.8 cm³/mol. The first-order chi connectivity index (χ1) is 6.54. The Balaban J connectivity index is 2.27. The molecule has 1 amide bonds. The molecule has 1 atom stereocenters. The lowest BCUT2D eigenvalue weighted by Crippen LogP contribution is -2.45. The quantitative estimate of drug-likeness (QED) is 0.706. The minimum atomic E-state index is -0.339. The van der Waals surface area contributed by atoms with Crippen molar-refractivity contribution < 1.29 is 9.53 Å². The van der Waals surface area contributed by atoms with Crippen molar-refractivity contribution in [3.05, 3.63) is 0 Å². The molecule has 4 heteroatoms. The van der Waals surface area contributed by atoms with Gasteiger partial charge in [-0.05, 0) is 25.7 Å². The fourth-order valence-corrected chi connectivity index (χ4v) is 1.82.